The smallest absolute Gasteiger partial charge is 0.336 e. The van der Waals surface area contributed by atoms with Gasteiger partial charge >= 0.3 is 5.97 Å². The number of rotatable bonds is 1. The van der Waals surface area contributed by atoms with Crippen molar-refractivity contribution in [3.63, 3.8) is 0 Å². The Morgan fingerprint density at radius 1 is 1.35 bits per heavy atom. The Kier molecular flexibility index (Phi) is 3.74. The second-order valence-electron chi connectivity index (χ2n) is 4.90. The Balaban J connectivity index is 3.26. The van der Waals surface area contributed by atoms with Gasteiger partial charge in [0.25, 0.3) is 0 Å². The van der Waals surface area contributed by atoms with Gasteiger partial charge in [0.1, 0.15) is 13.9 Å². The van der Waals surface area contributed by atoms with Crippen LogP contribution < -0.4 is 0 Å². The lowest BCUT2D eigenvalue weighted by molar-refractivity contribution is 0.0695. The van der Waals surface area contributed by atoms with Crippen LogP contribution in [0.5, 0.6) is 0 Å². The third kappa shape index (κ3) is 3.43. The van der Waals surface area contributed by atoms with Gasteiger partial charge in [0, 0.05) is 5.56 Å². The number of carboxylic acids is 1. The van der Waals surface area contributed by atoms with E-state index in [2.05, 4.69) is 31.1 Å². The number of carbonyl (C=O) groups is 1. The van der Waals surface area contributed by atoms with Crippen molar-refractivity contribution in [2.75, 3.05) is 0 Å². The lowest BCUT2D eigenvalue weighted by atomic mass is 10.0. The van der Waals surface area contributed by atoms with E-state index in [-0.39, 0.29) is 16.7 Å². The predicted molar refractivity (Wildman–Crippen MR) is 68.3 cm³/mol. The van der Waals surface area contributed by atoms with Gasteiger partial charge in [-0.3, -0.25) is 0 Å². The summed E-state index contributed by atoms with van der Waals surface area (Å²) >= 11 is 0. The largest absolute Gasteiger partial charge is 0.478 e. The molecule has 0 bridgehead atoms. The first kappa shape index (κ1) is 13.5. The van der Waals surface area contributed by atoms with Gasteiger partial charge in [0.2, 0.25) is 0 Å². The van der Waals surface area contributed by atoms with Gasteiger partial charge in [-0.25, -0.2) is 9.18 Å². The molecule has 17 heavy (non-hydrogen) atoms. The Morgan fingerprint density at radius 2 is 1.94 bits per heavy atom. The molecule has 1 rings (SSSR count). The molecule has 0 atom stereocenters. The average Bonchev–Trinajstić information content (AvgIpc) is 2.18. The van der Waals surface area contributed by atoms with Crippen LogP contribution in [0.1, 0.15) is 21.5 Å². The number of benzene rings is 1. The minimum absolute atomic E-state index is 0.0129. The highest BCUT2D eigenvalue weighted by Gasteiger charge is 2.14. The molecule has 0 spiro atoms. The molecule has 2 nitrogen and oxygen atoms in total. The minimum Gasteiger partial charge on any atom is -0.478 e. The van der Waals surface area contributed by atoms with Gasteiger partial charge < -0.3 is 5.11 Å². The number of hydrogen-bond donors (Lipinski definition) is 1. The third-order valence-corrected chi connectivity index (χ3v) is 3.06. The second-order valence-corrected chi connectivity index (χ2v) is 9.65. The molecule has 0 amide bonds. The maximum absolute atomic E-state index is 13.8. The van der Waals surface area contributed by atoms with Crippen LogP contribution in [0, 0.1) is 24.2 Å². The van der Waals surface area contributed by atoms with Crippen molar-refractivity contribution >= 4 is 14.0 Å². The van der Waals surface area contributed by atoms with E-state index in [4.69, 9.17) is 5.11 Å². The predicted octanol–water partition coefficient (Wildman–Crippen LogP) is 3.06. The zero-order valence-corrected chi connectivity index (χ0v) is 11.4. The summed E-state index contributed by atoms with van der Waals surface area (Å²) in [6.07, 6.45) is 0. The molecule has 0 fully saturated rings. The highest BCUT2D eigenvalue weighted by molar-refractivity contribution is 6.83. The van der Waals surface area contributed by atoms with Crippen molar-refractivity contribution in [1.29, 1.82) is 0 Å². The number of carboxylic acid groups (broad SMARTS) is 1. The zero-order valence-electron chi connectivity index (χ0n) is 10.4. The molecule has 0 heterocycles. The fraction of sp³-hybridized carbons (Fsp3) is 0.308. The Labute approximate surface area is 101 Å². The van der Waals surface area contributed by atoms with Gasteiger partial charge in [-0.05, 0) is 19.1 Å². The number of aromatic carboxylic acids is 1. The number of hydrogen-bond acceptors (Lipinski definition) is 1. The van der Waals surface area contributed by atoms with Crippen molar-refractivity contribution in [3.8, 4) is 11.5 Å². The van der Waals surface area contributed by atoms with E-state index < -0.39 is 19.9 Å². The van der Waals surface area contributed by atoms with Crippen LogP contribution in [0.3, 0.4) is 0 Å². The Bertz CT molecular complexity index is 519. The summed E-state index contributed by atoms with van der Waals surface area (Å²) in [5.74, 6) is 1.15. The first-order chi connectivity index (χ1) is 7.72. The van der Waals surface area contributed by atoms with Gasteiger partial charge in [0.15, 0.2) is 0 Å². The summed E-state index contributed by atoms with van der Waals surface area (Å²) in [5.41, 5.74) is 3.46. The molecular formula is C13H15FO2Si. The van der Waals surface area contributed by atoms with Crippen LogP contribution in [-0.4, -0.2) is 19.1 Å². The van der Waals surface area contributed by atoms with Crippen molar-refractivity contribution in [2.24, 2.45) is 0 Å². The van der Waals surface area contributed by atoms with Crippen LogP contribution in [0.2, 0.25) is 19.6 Å². The third-order valence-electron chi connectivity index (χ3n) is 2.19. The van der Waals surface area contributed by atoms with E-state index in [0.717, 1.165) is 0 Å². The zero-order chi connectivity index (χ0) is 13.2. The molecule has 4 heteroatoms. The summed E-state index contributed by atoms with van der Waals surface area (Å²) < 4.78 is 13.8. The van der Waals surface area contributed by atoms with Crippen LogP contribution in [0.15, 0.2) is 12.1 Å². The lowest BCUT2D eigenvalue weighted by Gasteiger charge is -2.06. The highest BCUT2D eigenvalue weighted by atomic mass is 28.3. The molecule has 1 N–H and O–H groups in total. The van der Waals surface area contributed by atoms with Crippen molar-refractivity contribution in [2.45, 2.75) is 26.6 Å². The van der Waals surface area contributed by atoms with Crippen molar-refractivity contribution in [1.82, 2.24) is 0 Å². The van der Waals surface area contributed by atoms with E-state index in [0.29, 0.717) is 0 Å². The summed E-state index contributed by atoms with van der Waals surface area (Å²) in [5, 5.41) is 8.84. The monoisotopic (exact) mass is 250 g/mol. The van der Waals surface area contributed by atoms with E-state index >= 15 is 0 Å². The first-order valence-corrected chi connectivity index (χ1v) is 8.78. The number of halogens is 1. The molecule has 0 aliphatic carbocycles. The molecule has 0 unspecified atom stereocenters. The quantitative estimate of drug-likeness (QED) is 0.614. The minimum atomic E-state index is -1.56. The molecule has 0 saturated carbocycles. The molecule has 0 aliphatic rings. The topological polar surface area (TPSA) is 37.3 Å². The normalized spacial score (nSPS) is 10.6. The van der Waals surface area contributed by atoms with Crippen LogP contribution in [0.4, 0.5) is 4.39 Å². The van der Waals surface area contributed by atoms with Crippen LogP contribution >= 0.6 is 0 Å². The first-order valence-electron chi connectivity index (χ1n) is 5.28. The fourth-order valence-corrected chi connectivity index (χ4v) is 1.78. The average molecular weight is 250 g/mol. The summed E-state index contributed by atoms with van der Waals surface area (Å²) in [6.45, 7) is 7.65. The summed E-state index contributed by atoms with van der Waals surface area (Å²) in [7, 11) is -1.56. The van der Waals surface area contributed by atoms with Crippen LogP contribution in [-0.2, 0) is 0 Å². The van der Waals surface area contributed by atoms with E-state index in [9.17, 15) is 9.18 Å². The van der Waals surface area contributed by atoms with Gasteiger partial charge in [-0.15, -0.1) is 5.54 Å². The molecular weight excluding hydrogens is 235 g/mol. The second kappa shape index (κ2) is 4.72. The summed E-state index contributed by atoms with van der Waals surface area (Å²) in [4.78, 5) is 10.8. The molecule has 0 aliphatic heterocycles. The Hall–Kier alpha value is -1.60. The molecule has 0 radical (unpaired) electrons. The molecule has 0 saturated heterocycles. The SMILES string of the molecule is Cc1c(C(=O)O)ccc(C#C[Si](C)(C)C)c1F. The van der Waals surface area contributed by atoms with Crippen LogP contribution in [0.25, 0.3) is 0 Å². The van der Waals surface area contributed by atoms with E-state index in [1.165, 1.54) is 19.1 Å². The molecule has 1 aromatic rings. The van der Waals surface area contributed by atoms with Gasteiger partial charge in [0.05, 0.1) is 11.1 Å². The van der Waals surface area contributed by atoms with Crippen molar-refractivity contribution in [3.05, 3.63) is 34.6 Å². The maximum Gasteiger partial charge on any atom is 0.336 e. The molecule has 90 valence electrons. The standard InChI is InChI=1S/C13H15FO2Si/c1-9-11(13(15)16)6-5-10(12(9)14)7-8-17(2,3)4/h5-6H,1-4H3,(H,15,16). The lowest BCUT2D eigenvalue weighted by Crippen LogP contribution is -2.16. The maximum atomic E-state index is 13.8. The molecule has 1 aromatic carbocycles. The molecule has 0 aromatic heterocycles. The highest BCUT2D eigenvalue weighted by Crippen LogP contribution is 2.16. The van der Waals surface area contributed by atoms with Gasteiger partial charge in [-0.2, -0.15) is 0 Å². The fourth-order valence-electron chi connectivity index (χ4n) is 1.27. The van der Waals surface area contributed by atoms with E-state index in [1.54, 1.807) is 0 Å². The Morgan fingerprint density at radius 3 is 2.41 bits per heavy atom. The van der Waals surface area contributed by atoms with Gasteiger partial charge in [-0.1, -0.05) is 25.6 Å². The van der Waals surface area contributed by atoms with E-state index in [1.807, 2.05) is 0 Å². The van der Waals surface area contributed by atoms with Crippen molar-refractivity contribution < 1.29 is 14.3 Å². The summed E-state index contributed by atoms with van der Waals surface area (Å²) in [6, 6.07) is 2.83.